The van der Waals surface area contributed by atoms with Gasteiger partial charge in [-0.25, -0.2) is 0 Å². The summed E-state index contributed by atoms with van der Waals surface area (Å²) in [6.45, 7) is 1.10. The van der Waals surface area contributed by atoms with Gasteiger partial charge in [0.2, 0.25) is 12.7 Å². The first kappa shape index (κ1) is 19.2. The Morgan fingerprint density at radius 1 is 1.03 bits per heavy atom. The average Bonchev–Trinajstić information content (AvgIpc) is 3.41. The van der Waals surface area contributed by atoms with Gasteiger partial charge in [-0.1, -0.05) is 30.3 Å². The van der Waals surface area contributed by atoms with Crippen LogP contribution in [0.5, 0.6) is 17.2 Å². The molecule has 5 rings (SSSR count). The first-order valence-corrected chi connectivity index (χ1v) is 10.2. The number of rotatable bonds is 6. The van der Waals surface area contributed by atoms with Crippen molar-refractivity contribution >= 4 is 28.3 Å². The molecule has 0 bridgehead atoms. The standard InChI is InChI=1S/C24H22N2O5/c27-23(14-29-20-7-5-17-3-1-2-4-18(17)10-20)25-12-16-9-24(28)26(13-16)19-6-8-21-22(11-19)31-15-30-21/h1-8,10-11,16H,9,12-15H2,(H,25,27)/t16-/m1/s1. The number of fused-ring (bicyclic) bond motifs is 2. The summed E-state index contributed by atoms with van der Waals surface area (Å²) < 4.78 is 16.3. The summed E-state index contributed by atoms with van der Waals surface area (Å²) in [6.07, 6.45) is 0.389. The molecule has 7 heteroatoms. The summed E-state index contributed by atoms with van der Waals surface area (Å²) in [5.41, 5.74) is 0.780. The lowest BCUT2D eigenvalue weighted by atomic mass is 10.1. The van der Waals surface area contributed by atoms with E-state index in [0.29, 0.717) is 36.8 Å². The average molecular weight is 418 g/mol. The van der Waals surface area contributed by atoms with E-state index in [4.69, 9.17) is 14.2 Å². The number of hydrogen-bond acceptors (Lipinski definition) is 5. The van der Waals surface area contributed by atoms with E-state index in [1.165, 1.54) is 0 Å². The molecule has 0 saturated carbocycles. The molecule has 0 radical (unpaired) electrons. The zero-order valence-corrected chi connectivity index (χ0v) is 16.9. The van der Waals surface area contributed by atoms with Gasteiger partial charge in [0.15, 0.2) is 18.1 Å². The topological polar surface area (TPSA) is 77.1 Å². The molecule has 1 N–H and O–H groups in total. The van der Waals surface area contributed by atoms with Crippen LogP contribution in [-0.4, -0.2) is 38.3 Å². The van der Waals surface area contributed by atoms with E-state index in [2.05, 4.69) is 5.32 Å². The summed E-state index contributed by atoms with van der Waals surface area (Å²) >= 11 is 0. The molecule has 31 heavy (non-hydrogen) atoms. The highest BCUT2D eigenvalue weighted by atomic mass is 16.7. The van der Waals surface area contributed by atoms with Gasteiger partial charge in [-0.15, -0.1) is 0 Å². The van der Waals surface area contributed by atoms with Crippen LogP contribution in [0, 0.1) is 5.92 Å². The lowest BCUT2D eigenvalue weighted by Crippen LogP contribution is -2.34. The van der Waals surface area contributed by atoms with E-state index in [1.54, 1.807) is 4.90 Å². The van der Waals surface area contributed by atoms with E-state index >= 15 is 0 Å². The van der Waals surface area contributed by atoms with Crippen LogP contribution in [0.1, 0.15) is 6.42 Å². The third-order valence-electron chi connectivity index (χ3n) is 5.55. The van der Waals surface area contributed by atoms with E-state index in [0.717, 1.165) is 16.5 Å². The first-order valence-electron chi connectivity index (χ1n) is 10.2. The Bertz CT molecular complexity index is 1150. The van der Waals surface area contributed by atoms with Crippen LogP contribution in [0.15, 0.2) is 60.7 Å². The molecule has 7 nitrogen and oxygen atoms in total. The van der Waals surface area contributed by atoms with Gasteiger partial charge in [-0.2, -0.15) is 0 Å². The lowest BCUT2D eigenvalue weighted by Gasteiger charge is -2.17. The number of benzene rings is 3. The molecular weight excluding hydrogens is 396 g/mol. The Kier molecular flexibility index (Phi) is 5.08. The number of carbonyl (C=O) groups excluding carboxylic acids is 2. The summed E-state index contributed by atoms with van der Waals surface area (Å²) in [4.78, 5) is 26.4. The molecule has 2 aliphatic heterocycles. The Balaban J connectivity index is 1.12. The van der Waals surface area contributed by atoms with E-state index in [9.17, 15) is 9.59 Å². The second-order valence-corrected chi connectivity index (χ2v) is 7.71. The molecule has 0 aromatic heterocycles. The van der Waals surface area contributed by atoms with Crippen molar-refractivity contribution in [3.8, 4) is 17.2 Å². The number of ether oxygens (including phenoxy) is 3. The van der Waals surface area contributed by atoms with Crippen LogP contribution in [0.25, 0.3) is 10.8 Å². The van der Waals surface area contributed by atoms with Gasteiger partial charge in [-0.05, 0) is 35.0 Å². The summed E-state index contributed by atoms with van der Waals surface area (Å²) in [5.74, 6) is 1.85. The highest BCUT2D eigenvalue weighted by Gasteiger charge is 2.31. The third-order valence-corrected chi connectivity index (χ3v) is 5.55. The number of anilines is 1. The van der Waals surface area contributed by atoms with Crippen molar-refractivity contribution in [2.24, 2.45) is 5.92 Å². The van der Waals surface area contributed by atoms with Crippen LogP contribution < -0.4 is 24.4 Å². The maximum Gasteiger partial charge on any atom is 0.257 e. The number of amides is 2. The second kappa shape index (κ2) is 8.18. The molecule has 158 valence electrons. The highest BCUT2D eigenvalue weighted by Crippen LogP contribution is 2.37. The summed E-state index contributed by atoms with van der Waals surface area (Å²) in [7, 11) is 0. The van der Waals surface area contributed by atoms with Crippen molar-refractivity contribution in [3.63, 3.8) is 0 Å². The molecule has 1 atom stereocenters. The predicted octanol–water partition coefficient (Wildman–Crippen LogP) is 3.12. The van der Waals surface area contributed by atoms with E-state index in [1.807, 2.05) is 60.7 Å². The molecule has 3 aromatic carbocycles. The minimum Gasteiger partial charge on any atom is -0.484 e. The van der Waals surface area contributed by atoms with Gasteiger partial charge < -0.3 is 24.4 Å². The van der Waals surface area contributed by atoms with E-state index in [-0.39, 0.29) is 31.1 Å². The van der Waals surface area contributed by atoms with Gasteiger partial charge in [-0.3, -0.25) is 9.59 Å². The van der Waals surface area contributed by atoms with Crippen molar-refractivity contribution < 1.29 is 23.8 Å². The summed E-state index contributed by atoms with van der Waals surface area (Å²) in [6, 6.07) is 19.2. The monoisotopic (exact) mass is 418 g/mol. The second-order valence-electron chi connectivity index (χ2n) is 7.71. The van der Waals surface area contributed by atoms with Crippen molar-refractivity contribution in [1.29, 1.82) is 0 Å². The number of nitrogens with one attached hydrogen (secondary N) is 1. The number of carbonyl (C=O) groups is 2. The van der Waals surface area contributed by atoms with Crippen molar-refractivity contribution in [2.75, 3.05) is 31.4 Å². The quantitative estimate of drug-likeness (QED) is 0.666. The zero-order chi connectivity index (χ0) is 21.2. The molecule has 2 amide bonds. The zero-order valence-electron chi connectivity index (χ0n) is 16.9. The predicted molar refractivity (Wildman–Crippen MR) is 115 cm³/mol. The van der Waals surface area contributed by atoms with Crippen molar-refractivity contribution in [1.82, 2.24) is 5.32 Å². The number of nitrogens with zero attached hydrogens (tertiary/aromatic N) is 1. The Labute approximate surface area is 179 Å². The minimum atomic E-state index is -0.206. The maximum atomic E-state index is 12.5. The van der Waals surface area contributed by atoms with Gasteiger partial charge in [0.25, 0.3) is 5.91 Å². The molecule has 0 spiro atoms. The molecule has 0 unspecified atom stereocenters. The molecule has 2 heterocycles. The Morgan fingerprint density at radius 2 is 1.87 bits per heavy atom. The fourth-order valence-corrected chi connectivity index (χ4v) is 3.94. The van der Waals surface area contributed by atoms with Crippen molar-refractivity contribution in [2.45, 2.75) is 6.42 Å². The van der Waals surface area contributed by atoms with Gasteiger partial charge in [0.05, 0.1) is 0 Å². The molecule has 1 fully saturated rings. The first-order chi connectivity index (χ1) is 15.2. The highest BCUT2D eigenvalue weighted by molar-refractivity contribution is 5.96. The van der Waals surface area contributed by atoms with Crippen LogP contribution in [-0.2, 0) is 9.59 Å². The molecule has 2 aliphatic rings. The molecule has 1 saturated heterocycles. The molecule has 3 aromatic rings. The van der Waals surface area contributed by atoms with Gasteiger partial charge in [0, 0.05) is 37.2 Å². The number of hydrogen-bond donors (Lipinski definition) is 1. The SMILES string of the molecule is O=C(COc1ccc2ccccc2c1)NC[C@H]1CC(=O)N(c2ccc3c(c2)OCO3)C1. The maximum absolute atomic E-state index is 12.5. The van der Waals surface area contributed by atoms with E-state index < -0.39 is 0 Å². The lowest BCUT2D eigenvalue weighted by molar-refractivity contribution is -0.123. The Morgan fingerprint density at radius 3 is 2.77 bits per heavy atom. The Hall–Kier alpha value is -3.74. The van der Waals surface area contributed by atoms with Gasteiger partial charge >= 0.3 is 0 Å². The fraction of sp³-hybridized carbons (Fsp3) is 0.250. The normalized spacial score (nSPS) is 17.2. The van der Waals surface area contributed by atoms with Gasteiger partial charge in [0.1, 0.15) is 5.75 Å². The van der Waals surface area contributed by atoms with Crippen LogP contribution >= 0.6 is 0 Å². The van der Waals surface area contributed by atoms with Crippen molar-refractivity contribution in [3.05, 3.63) is 60.7 Å². The largest absolute Gasteiger partial charge is 0.484 e. The third kappa shape index (κ3) is 4.12. The van der Waals surface area contributed by atoms with Crippen LogP contribution in [0.4, 0.5) is 5.69 Å². The smallest absolute Gasteiger partial charge is 0.257 e. The fourth-order valence-electron chi connectivity index (χ4n) is 3.94. The molecular formula is C24H22N2O5. The van der Waals surface area contributed by atoms with Crippen LogP contribution in [0.2, 0.25) is 0 Å². The summed E-state index contributed by atoms with van der Waals surface area (Å²) in [5, 5.41) is 5.06. The minimum absolute atomic E-state index is 0.0329. The van der Waals surface area contributed by atoms with Crippen LogP contribution in [0.3, 0.4) is 0 Å². The molecule has 0 aliphatic carbocycles.